The van der Waals surface area contributed by atoms with E-state index in [9.17, 15) is 13.2 Å². The van der Waals surface area contributed by atoms with Gasteiger partial charge in [0.2, 0.25) is 0 Å². The molecule has 0 bridgehead atoms. The Hall–Kier alpha value is -2.36. The average Bonchev–Trinajstić information content (AvgIpc) is 3.12. The summed E-state index contributed by atoms with van der Waals surface area (Å²) in [5, 5.41) is 9.02. The summed E-state index contributed by atoms with van der Waals surface area (Å²) in [4.78, 5) is 20.0. The van der Waals surface area contributed by atoms with Gasteiger partial charge in [0.1, 0.15) is 5.82 Å². The highest BCUT2D eigenvalue weighted by molar-refractivity contribution is 7.86. The zero-order valence-corrected chi connectivity index (χ0v) is 16.3. The monoisotopic (exact) mass is 390 g/mol. The molecular weight excluding hydrogens is 368 g/mol. The number of nitrogens with zero attached hydrogens (tertiary/aromatic N) is 4. The third kappa shape index (κ3) is 4.00. The molecule has 9 heteroatoms. The Morgan fingerprint density at radius 1 is 1.22 bits per heavy atom. The highest BCUT2D eigenvalue weighted by atomic mass is 32.2. The summed E-state index contributed by atoms with van der Waals surface area (Å²) in [5.74, 6) is -0.383. The number of aromatic nitrogens is 2. The molecule has 1 fully saturated rings. The molecule has 3 rings (SSSR count). The zero-order chi connectivity index (χ0) is 19.8. The lowest BCUT2D eigenvalue weighted by Crippen LogP contribution is -2.38. The molecule has 1 aromatic heterocycles. The van der Waals surface area contributed by atoms with Gasteiger partial charge < -0.3 is 5.11 Å². The molecule has 2 aromatic rings. The maximum Gasteiger partial charge on any atom is 0.335 e. The number of hydrogen-bond acceptors (Lipinski definition) is 5. The summed E-state index contributed by atoms with van der Waals surface area (Å²) >= 11 is 0. The molecule has 1 aliphatic heterocycles. The smallest absolute Gasteiger partial charge is 0.335 e. The Balaban J connectivity index is 1.87. The third-order valence-electron chi connectivity index (χ3n) is 4.64. The molecule has 1 aliphatic rings. The Bertz CT molecular complexity index is 958. The van der Waals surface area contributed by atoms with E-state index >= 15 is 0 Å². The second-order valence-electron chi connectivity index (χ2n) is 6.74. The van der Waals surface area contributed by atoms with Crippen LogP contribution in [0.5, 0.6) is 0 Å². The molecule has 1 aromatic carbocycles. The normalized spacial score (nSPS) is 18.1. The highest BCUT2D eigenvalue weighted by Crippen LogP contribution is 2.30. The van der Waals surface area contributed by atoms with E-state index in [4.69, 9.17) is 5.11 Å². The van der Waals surface area contributed by atoms with Crippen molar-refractivity contribution in [1.29, 1.82) is 0 Å². The number of rotatable bonds is 5. The van der Waals surface area contributed by atoms with Crippen molar-refractivity contribution in [2.75, 3.05) is 27.2 Å². The minimum absolute atomic E-state index is 0.00142. The molecule has 0 saturated carbocycles. The van der Waals surface area contributed by atoms with Crippen molar-refractivity contribution in [3.63, 3.8) is 0 Å². The summed E-state index contributed by atoms with van der Waals surface area (Å²) in [6, 6.07) is 8.36. The van der Waals surface area contributed by atoms with Crippen LogP contribution in [0.3, 0.4) is 0 Å². The van der Waals surface area contributed by atoms with Crippen molar-refractivity contribution in [2.24, 2.45) is 0 Å². The van der Waals surface area contributed by atoms with Crippen LogP contribution in [0, 0.1) is 6.92 Å². The van der Waals surface area contributed by atoms with Crippen LogP contribution in [0.1, 0.15) is 34.2 Å². The topological polar surface area (TPSA) is 104 Å². The van der Waals surface area contributed by atoms with Gasteiger partial charge in [0.05, 0.1) is 11.3 Å². The Morgan fingerprint density at radius 3 is 2.48 bits per heavy atom. The minimum Gasteiger partial charge on any atom is -0.478 e. The van der Waals surface area contributed by atoms with Crippen LogP contribution in [0.4, 0.5) is 0 Å². The fourth-order valence-corrected chi connectivity index (χ4v) is 4.31. The fraction of sp³-hybridized carbons (Fsp3) is 0.389. The molecular formula is C18H22N4O4S. The number of carboxylic acid groups (broad SMARTS) is 1. The molecule has 1 N–H and O–H groups in total. The van der Waals surface area contributed by atoms with Crippen LogP contribution in [0.2, 0.25) is 0 Å². The van der Waals surface area contributed by atoms with Crippen LogP contribution in [0.15, 0.2) is 30.3 Å². The van der Waals surface area contributed by atoms with Crippen LogP contribution >= 0.6 is 0 Å². The quantitative estimate of drug-likeness (QED) is 0.834. The van der Waals surface area contributed by atoms with Crippen LogP contribution in [-0.2, 0) is 10.2 Å². The van der Waals surface area contributed by atoms with E-state index in [1.807, 2.05) is 6.07 Å². The van der Waals surface area contributed by atoms with Crippen molar-refractivity contribution in [1.82, 2.24) is 18.6 Å². The van der Waals surface area contributed by atoms with Gasteiger partial charge in [-0.25, -0.2) is 14.8 Å². The van der Waals surface area contributed by atoms with E-state index < -0.39 is 16.2 Å². The lowest BCUT2D eigenvalue weighted by molar-refractivity contribution is 0.0697. The molecule has 8 nitrogen and oxygen atoms in total. The molecule has 1 atom stereocenters. The predicted molar refractivity (Wildman–Crippen MR) is 101 cm³/mol. The molecule has 0 spiro atoms. The first-order chi connectivity index (χ1) is 12.7. The van der Waals surface area contributed by atoms with Gasteiger partial charge in [0, 0.05) is 44.4 Å². The number of carboxylic acids is 1. The maximum absolute atomic E-state index is 12.3. The first kappa shape index (κ1) is 19.4. The largest absolute Gasteiger partial charge is 0.478 e. The van der Waals surface area contributed by atoms with E-state index in [0.29, 0.717) is 31.0 Å². The lowest BCUT2D eigenvalue weighted by atomic mass is 10.0. The van der Waals surface area contributed by atoms with Crippen LogP contribution in [-0.4, -0.2) is 65.3 Å². The predicted octanol–water partition coefficient (Wildman–Crippen LogP) is 1.75. The molecule has 0 radical (unpaired) electrons. The zero-order valence-electron chi connectivity index (χ0n) is 15.5. The van der Waals surface area contributed by atoms with Gasteiger partial charge in [-0.15, -0.1) is 0 Å². The van der Waals surface area contributed by atoms with E-state index in [1.165, 1.54) is 34.8 Å². The minimum atomic E-state index is -3.44. The van der Waals surface area contributed by atoms with E-state index in [-0.39, 0.29) is 11.5 Å². The first-order valence-corrected chi connectivity index (χ1v) is 9.95. The Kier molecular flexibility index (Phi) is 5.27. The molecule has 144 valence electrons. The van der Waals surface area contributed by atoms with Gasteiger partial charge >= 0.3 is 5.97 Å². The van der Waals surface area contributed by atoms with Crippen LogP contribution < -0.4 is 0 Å². The first-order valence-electron chi connectivity index (χ1n) is 8.55. The van der Waals surface area contributed by atoms with Gasteiger partial charge in [-0.1, -0.05) is 12.1 Å². The second kappa shape index (κ2) is 7.34. The van der Waals surface area contributed by atoms with E-state index in [1.54, 1.807) is 19.1 Å². The van der Waals surface area contributed by atoms with Crippen molar-refractivity contribution in [3.8, 4) is 11.3 Å². The third-order valence-corrected chi connectivity index (χ3v) is 6.55. The molecule has 0 aliphatic carbocycles. The number of hydrogen-bond donors (Lipinski definition) is 1. The van der Waals surface area contributed by atoms with E-state index in [2.05, 4.69) is 9.97 Å². The van der Waals surface area contributed by atoms with Gasteiger partial charge in [-0.3, -0.25) is 0 Å². The molecule has 0 unspecified atom stereocenters. The second-order valence-corrected chi connectivity index (χ2v) is 8.88. The Labute approximate surface area is 158 Å². The molecule has 0 amide bonds. The summed E-state index contributed by atoms with van der Waals surface area (Å²) in [6.07, 6.45) is 0.695. The van der Waals surface area contributed by atoms with Gasteiger partial charge in [0.15, 0.2) is 0 Å². The van der Waals surface area contributed by atoms with Crippen molar-refractivity contribution in [3.05, 3.63) is 47.4 Å². The van der Waals surface area contributed by atoms with E-state index in [0.717, 1.165) is 11.3 Å². The lowest BCUT2D eigenvalue weighted by Gasteiger charge is -2.20. The van der Waals surface area contributed by atoms with Crippen molar-refractivity contribution < 1.29 is 18.3 Å². The van der Waals surface area contributed by atoms with Crippen molar-refractivity contribution in [2.45, 2.75) is 19.3 Å². The van der Waals surface area contributed by atoms with Gasteiger partial charge in [-0.2, -0.15) is 17.0 Å². The SMILES string of the molecule is Cc1nc(-c2ccc(C(=O)O)cc2)cc([C@H]2CCN(S(=O)(=O)N(C)C)C2)n1. The maximum atomic E-state index is 12.3. The Morgan fingerprint density at radius 2 is 1.89 bits per heavy atom. The van der Waals surface area contributed by atoms with Crippen molar-refractivity contribution >= 4 is 16.2 Å². The average molecular weight is 390 g/mol. The summed E-state index contributed by atoms with van der Waals surface area (Å²) in [6.45, 7) is 2.63. The molecule has 27 heavy (non-hydrogen) atoms. The molecule has 2 heterocycles. The number of carbonyl (C=O) groups is 1. The van der Waals surface area contributed by atoms with Crippen LogP contribution in [0.25, 0.3) is 11.3 Å². The van der Waals surface area contributed by atoms with Gasteiger partial charge in [0.25, 0.3) is 10.2 Å². The fourth-order valence-electron chi connectivity index (χ4n) is 3.14. The summed E-state index contributed by atoms with van der Waals surface area (Å²) < 4.78 is 27.3. The van der Waals surface area contributed by atoms with Gasteiger partial charge in [-0.05, 0) is 31.5 Å². The summed E-state index contributed by atoms with van der Waals surface area (Å²) in [5.41, 5.74) is 2.51. The summed E-state index contributed by atoms with van der Waals surface area (Å²) in [7, 11) is -0.387. The standard InChI is InChI=1S/C18H22N4O4S/c1-12-19-16(13-4-6-14(7-5-13)18(23)24)10-17(20-12)15-8-9-22(11-15)27(25,26)21(2)3/h4-7,10,15H,8-9,11H2,1-3H3,(H,23,24)/t15-/m0/s1. The number of aryl methyl sites for hydroxylation is 1. The number of benzene rings is 1. The number of aromatic carboxylic acids is 1. The molecule has 1 saturated heterocycles. The highest BCUT2D eigenvalue weighted by Gasteiger charge is 2.34.